The predicted molar refractivity (Wildman–Crippen MR) is 163 cm³/mol. The fraction of sp³-hybridized carbons (Fsp3) is 0.379. The van der Waals surface area contributed by atoms with Crippen molar-refractivity contribution in [3.05, 3.63) is 62.9 Å². The number of para-hydroxylation sites is 1. The molecule has 220 valence electrons. The van der Waals surface area contributed by atoms with Gasteiger partial charge in [0.05, 0.1) is 35.4 Å². The van der Waals surface area contributed by atoms with Crippen molar-refractivity contribution in [2.24, 2.45) is 5.10 Å². The molecule has 0 radical (unpaired) electrons. The van der Waals surface area contributed by atoms with Crippen LogP contribution in [-0.2, 0) is 6.67 Å². The number of benzene rings is 2. The summed E-state index contributed by atoms with van der Waals surface area (Å²) in [5.74, 6) is 0.167. The molecule has 0 bridgehead atoms. The van der Waals surface area contributed by atoms with Gasteiger partial charge in [0.15, 0.2) is 17.4 Å². The van der Waals surface area contributed by atoms with Gasteiger partial charge in [-0.05, 0) is 58.5 Å². The monoisotopic (exact) mass is 592 g/mol. The number of hydrogen-bond donors (Lipinski definition) is 1. The van der Waals surface area contributed by atoms with E-state index in [0.717, 1.165) is 13.1 Å². The maximum absolute atomic E-state index is 15.9. The van der Waals surface area contributed by atoms with E-state index < -0.39 is 11.2 Å². The molecule has 4 aromatic rings. The van der Waals surface area contributed by atoms with E-state index in [9.17, 15) is 9.90 Å². The van der Waals surface area contributed by atoms with Gasteiger partial charge in [-0.15, -0.1) is 5.10 Å². The van der Waals surface area contributed by atoms with E-state index in [1.165, 1.54) is 17.0 Å². The van der Waals surface area contributed by atoms with Crippen LogP contribution in [0.15, 0.2) is 46.4 Å². The molecule has 6 rings (SSSR count). The van der Waals surface area contributed by atoms with E-state index in [1.54, 1.807) is 35.1 Å². The van der Waals surface area contributed by atoms with Crippen LogP contribution in [-0.4, -0.2) is 94.1 Å². The third-order valence-corrected chi connectivity index (χ3v) is 8.07. The van der Waals surface area contributed by atoms with Crippen LogP contribution in [0.2, 0.25) is 0 Å². The number of aromatic hydroxyl groups is 1. The second kappa shape index (κ2) is 11.0. The molecule has 1 N–H and O–H groups in total. The van der Waals surface area contributed by atoms with E-state index in [1.807, 2.05) is 42.4 Å². The van der Waals surface area contributed by atoms with E-state index in [4.69, 9.17) is 22.1 Å². The second-order valence-corrected chi connectivity index (χ2v) is 11.5. The van der Waals surface area contributed by atoms with Crippen LogP contribution in [0.25, 0.3) is 22.3 Å². The number of aromatic nitrogens is 4. The van der Waals surface area contributed by atoms with E-state index >= 15 is 4.39 Å². The molecular weight excluding hydrogens is 559 g/mol. The summed E-state index contributed by atoms with van der Waals surface area (Å²) in [6.45, 7) is 5.59. The molecule has 2 aromatic carbocycles. The zero-order valence-electron chi connectivity index (χ0n) is 24.0. The number of rotatable bonds is 6. The van der Waals surface area contributed by atoms with Crippen LogP contribution in [0.1, 0.15) is 18.5 Å². The number of hydrogen-bond acceptors (Lipinski definition) is 9. The van der Waals surface area contributed by atoms with Crippen molar-refractivity contribution in [2.75, 3.05) is 58.8 Å². The largest absolute Gasteiger partial charge is 0.507 e. The van der Waals surface area contributed by atoms with Crippen molar-refractivity contribution in [3.8, 4) is 22.9 Å². The molecule has 1 atom stereocenters. The van der Waals surface area contributed by atoms with Crippen molar-refractivity contribution in [3.63, 3.8) is 0 Å². The first kappa shape index (κ1) is 28.1. The van der Waals surface area contributed by atoms with Gasteiger partial charge in [-0.25, -0.2) is 9.07 Å². The van der Waals surface area contributed by atoms with E-state index in [-0.39, 0.29) is 33.3 Å². The van der Waals surface area contributed by atoms with Crippen LogP contribution in [0.4, 0.5) is 10.1 Å². The molecule has 42 heavy (non-hydrogen) atoms. The molecule has 13 heteroatoms. The predicted octanol–water partition coefficient (Wildman–Crippen LogP) is 3.35. The van der Waals surface area contributed by atoms with Gasteiger partial charge in [-0.1, -0.05) is 12.1 Å². The number of phenols is 1. The number of halogens is 1. The summed E-state index contributed by atoms with van der Waals surface area (Å²) < 4.78 is 27.2. The van der Waals surface area contributed by atoms with Crippen LogP contribution in [0, 0.1) is 10.6 Å². The second-order valence-electron chi connectivity index (χ2n) is 11.1. The third kappa shape index (κ3) is 4.86. The summed E-state index contributed by atoms with van der Waals surface area (Å²) in [4.78, 5) is 20.2. The van der Waals surface area contributed by atoms with E-state index in [0.29, 0.717) is 48.9 Å². The first-order valence-electron chi connectivity index (χ1n) is 13.8. The third-order valence-electron chi connectivity index (χ3n) is 7.69. The highest BCUT2D eigenvalue weighted by Gasteiger charge is 2.31. The van der Waals surface area contributed by atoms with Crippen LogP contribution in [0.3, 0.4) is 0 Å². The number of anilines is 1. The van der Waals surface area contributed by atoms with Gasteiger partial charge in [-0.2, -0.15) is 9.78 Å². The Morgan fingerprint density at radius 3 is 2.69 bits per heavy atom. The van der Waals surface area contributed by atoms with Gasteiger partial charge in [-0.3, -0.25) is 9.69 Å². The van der Waals surface area contributed by atoms with Gasteiger partial charge in [0, 0.05) is 37.9 Å². The van der Waals surface area contributed by atoms with Gasteiger partial charge in [0.25, 0.3) is 0 Å². The average Bonchev–Trinajstić information content (AvgIpc) is 3.25. The minimum Gasteiger partial charge on any atom is -0.507 e. The van der Waals surface area contributed by atoms with Gasteiger partial charge < -0.3 is 24.2 Å². The number of likely N-dealkylation sites (N-methyl/N-ethyl adjacent to an activating group) is 1. The summed E-state index contributed by atoms with van der Waals surface area (Å²) >= 11 is 5.72. The number of ether oxygens (including phenoxy) is 1. The van der Waals surface area contributed by atoms with Crippen molar-refractivity contribution >= 4 is 35.0 Å². The number of phenolic OH excluding ortho intramolecular Hbond substituents is 1. The summed E-state index contributed by atoms with van der Waals surface area (Å²) in [5, 5.41) is 19.7. The average molecular weight is 593 g/mol. The van der Waals surface area contributed by atoms with Gasteiger partial charge in [0.1, 0.15) is 18.0 Å². The number of piperazine rings is 1. The maximum atomic E-state index is 15.9. The zero-order valence-corrected chi connectivity index (χ0v) is 24.8. The minimum absolute atomic E-state index is 0.0539. The minimum atomic E-state index is -0.495. The topological polar surface area (TPSA) is 96.3 Å². The smallest absolute Gasteiger partial charge is 0.220 e. The Bertz CT molecular complexity index is 1820. The van der Waals surface area contributed by atoms with Crippen LogP contribution in [0.5, 0.6) is 11.5 Å². The lowest BCUT2D eigenvalue weighted by Crippen LogP contribution is -2.45. The standard InChI is InChI=1S/C29H33FN8O3S/c1-18-16-41-27-24-20(13-22(30)25(27)35-11-9-34(4)10-12-35)26(40)21(15-36(18)24)28-32-37(17-33(2)3)29(42)38(28)31-14-19-7-5-6-8-23(19)39/h5-8,13-15,18,39H,9-12,16-17H2,1-4H3/b31-14+. The molecular formula is C29H33FN8O3S. The lowest BCUT2D eigenvalue weighted by molar-refractivity contribution is 0.245. The summed E-state index contributed by atoms with van der Waals surface area (Å²) in [6.07, 6.45) is 3.21. The van der Waals surface area contributed by atoms with Crippen molar-refractivity contribution in [2.45, 2.75) is 19.6 Å². The molecule has 1 saturated heterocycles. The highest BCUT2D eigenvalue weighted by Crippen LogP contribution is 2.42. The Hall–Kier alpha value is -4.07. The maximum Gasteiger partial charge on any atom is 0.220 e. The molecule has 1 fully saturated rings. The molecule has 2 aliphatic rings. The Balaban J connectivity index is 1.56. The van der Waals surface area contributed by atoms with Gasteiger partial charge >= 0.3 is 0 Å². The molecule has 0 amide bonds. The number of pyridine rings is 1. The van der Waals surface area contributed by atoms with Crippen LogP contribution >= 0.6 is 12.2 Å². The van der Waals surface area contributed by atoms with E-state index in [2.05, 4.69) is 10.0 Å². The lowest BCUT2D eigenvalue weighted by Gasteiger charge is -2.37. The van der Waals surface area contributed by atoms with Crippen LogP contribution < -0.4 is 15.1 Å². The Kier molecular flexibility index (Phi) is 7.33. The first-order chi connectivity index (χ1) is 20.1. The van der Waals surface area contributed by atoms with Gasteiger partial charge in [0.2, 0.25) is 10.2 Å². The summed E-state index contributed by atoms with van der Waals surface area (Å²) in [6, 6.07) is 7.96. The van der Waals surface area contributed by atoms with Crippen molar-refractivity contribution in [1.82, 2.24) is 28.8 Å². The Morgan fingerprint density at radius 1 is 1.24 bits per heavy atom. The Morgan fingerprint density at radius 2 is 1.98 bits per heavy atom. The fourth-order valence-electron chi connectivity index (χ4n) is 5.44. The quantitative estimate of drug-likeness (QED) is 0.269. The molecule has 4 heterocycles. The normalized spacial score (nSPS) is 17.5. The highest BCUT2D eigenvalue weighted by molar-refractivity contribution is 7.71. The lowest BCUT2D eigenvalue weighted by atomic mass is 10.0. The van der Waals surface area contributed by atoms with Crippen molar-refractivity contribution in [1.29, 1.82) is 0 Å². The first-order valence-corrected chi connectivity index (χ1v) is 14.2. The molecule has 11 nitrogen and oxygen atoms in total. The molecule has 1 unspecified atom stereocenters. The zero-order chi connectivity index (χ0) is 29.7. The Labute approximate surface area is 247 Å². The molecule has 0 aliphatic carbocycles. The molecule has 0 saturated carbocycles. The number of nitrogens with zero attached hydrogens (tertiary/aromatic N) is 8. The molecule has 2 aromatic heterocycles. The summed E-state index contributed by atoms with van der Waals surface area (Å²) in [7, 11) is 5.80. The fourth-order valence-corrected chi connectivity index (χ4v) is 5.68. The van der Waals surface area contributed by atoms with Crippen molar-refractivity contribution < 1.29 is 14.2 Å². The molecule has 0 spiro atoms. The molecule has 2 aliphatic heterocycles. The SMILES string of the molecule is CC1COc2c(N3CCN(C)CC3)c(F)cc3c(=O)c(-c4nn(CN(C)C)c(=S)n4/N=C/c4ccccc4O)cn1c23. The summed E-state index contributed by atoms with van der Waals surface area (Å²) in [5.41, 5.74) is 1.26. The highest BCUT2D eigenvalue weighted by atomic mass is 32.1.